The zero-order valence-electron chi connectivity index (χ0n) is 27.0. The van der Waals surface area contributed by atoms with E-state index in [1.165, 1.54) is 16.6 Å². The van der Waals surface area contributed by atoms with Crippen molar-refractivity contribution in [2.24, 2.45) is 11.8 Å². The summed E-state index contributed by atoms with van der Waals surface area (Å²) in [6, 6.07) is 17.9. The molecule has 2 aromatic carbocycles. The van der Waals surface area contributed by atoms with Gasteiger partial charge >= 0.3 is 6.09 Å². The van der Waals surface area contributed by atoms with E-state index in [1.54, 1.807) is 25.1 Å². The van der Waals surface area contributed by atoms with Crippen LogP contribution in [0.1, 0.15) is 56.7 Å². The van der Waals surface area contributed by atoms with Gasteiger partial charge in [0.1, 0.15) is 11.6 Å². The Morgan fingerprint density at radius 1 is 1.04 bits per heavy atom. The van der Waals surface area contributed by atoms with Crippen molar-refractivity contribution in [2.75, 3.05) is 12.9 Å². The Balaban J connectivity index is 0.00000433. The highest BCUT2D eigenvalue weighted by Crippen LogP contribution is 2.41. The molecule has 10 nitrogen and oxygen atoms in total. The van der Waals surface area contributed by atoms with E-state index in [0.29, 0.717) is 40.4 Å². The zero-order valence-corrected chi connectivity index (χ0v) is 27.8. The van der Waals surface area contributed by atoms with Crippen molar-refractivity contribution in [1.82, 2.24) is 19.6 Å². The number of aliphatic hydroxyl groups excluding tert-OH is 1. The first-order valence-corrected chi connectivity index (χ1v) is 17.9. The van der Waals surface area contributed by atoms with Crippen LogP contribution in [0.15, 0.2) is 66.9 Å². The predicted octanol–water partition coefficient (Wildman–Crippen LogP) is 5.04. The highest BCUT2D eigenvalue weighted by atomic mass is 32.2. The van der Waals surface area contributed by atoms with Gasteiger partial charge < -0.3 is 20.5 Å². The number of fused-ring (bicyclic) bond motifs is 5. The van der Waals surface area contributed by atoms with Crippen LogP contribution in [-0.2, 0) is 32.4 Å². The quantitative estimate of drug-likeness (QED) is 0.217. The van der Waals surface area contributed by atoms with Crippen LogP contribution < -0.4 is 10.6 Å². The topological polar surface area (TPSA) is 140 Å². The second kappa shape index (κ2) is 14.0. The Bertz CT molecular complexity index is 1840. The molecule has 3 N–H and O–H groups in total. The maximum absolute atomic E-state index is 14.0. The Labute approximate surface area is 277 Å². The molecule has 2 aromatic heterocycles. The van der Waals surface area contributed by atoms with E-state index in [1.807, 2.05) is 42.5 Å². The number of hydrogen-bond donors (Lipinski definition) is 3. The lowest BCUT2D eigenvalue weighted by atomic mass is 9.71. The average Bonchev–Trinajstić information content (AvgIpc) is 3.37. The number of aromatic nitrogens is 2. The second-order valence-corrected chi connectivity index (χ2v) is 15.1. The van der Waals surface area contributed by atoms with E-state index in [4.69, 9.17) is 4.74 Å². The first-order chi connectivity index (χ1) is 22.0. The third kappa shape index (κ3) is 7.46. The number of benzene rings is 2. The van der Waals surface area contributed by atoms with Gasteiger partial charge in [0.05, 0.1) is 36.1 Å². The number of alkyl carbamates (subject to hydrolysis) is 1. The Morgan fingerprint density at radius 3 is 2.53 bits per heavy atom. The van der Waals surface area contributed by atoms with Crippen LogP contribution in [0.5, 0.6) is 0 Å². The maximum Gasteiger partial charge on any atom is 0.408 e. The minimum Gasteiger partial charge on any atom is -0.446 e. The molecule has 4 aromatic rings. The number of aliphatic hydroxyl groups is 1. The van der Waals surface area contributed by atoms with Gasteiger partial charge in [0.2, 0.25) is 15.9 Å². The van der Waals surface area contributed by atoms with Crippen molar-refractivity contribution in [3.63, 3.8) is 0 Å². The highest BCUT2D eigenvalue weighted by Gasteiger charge is 2.40. The molecule has 2 aliphatic rings. The van der Waals surface area contributed by atoms with Crippen LogP contribution in [0.2, 0.25) is 0 Å². The van der Waals surface area contributed by atoms with Gasteiger partial charge in [-0.1, -0.05) is 68.8 Å². The predicted molar refractivity (Wildman–Crippen MR) is 182 cm³/mol. The van der Waals surface area contributed by atoms with E-state index < -0.39 is 33.6 Å². The summed E-state index contributed by atoms with van der Waals surface area (Å²) in [5.74, 6) is 0.549. The van der Waals surface area contributed by atoms with E-state index in [9.17, 15) is 23.1 Å². The van der Waals surface area contributed by atoms with Gasteiger partial charge in [-0.05, 0) is 68.6 Å². The molecule has 5 atom stereocenters. The van der Waals surface area contributed by atoms with Crippen LogP contribution in [0.25, 0.3) is 21.8 Å². The minimum atomic E-state index is -3.64. The van der Waals surface area contributed by atoms with Crippen LogP contribution in [0, 0.1) is 19.3 Å². The second-order valence-electron chi connectivity index (χ2n) is 13.2. The fraction of sp³-hybridized carbons (Fsp3) is 0.444. The van der Waals surface area contributed by atoms with E-state index in [-0.39, 0.29) is 26.6 Å². The molecule has 2 fully saturated rings. The number of pyridine rings is 1. The third-order valence-electron chi connectivity index (χ3n) is 9.66. The summed E-state index contributed by atoms with van der Waals surface area (Å²) < 4.78 is 32.7. The van der Waals surface area contributed by atoms with Crippen molar-refractivity contribution in [1.29, 1.82) is 0 Å². The number of para-hydroxylation sites is 1. The summed E-state index contributed by atoms with van der Waals surface area (Å²) in [7, 11) is -3.64. The largest absolute Gasteiger partial charge is 0.446 e. The normalized spacial score (nSPS) is 21.3. The summed E-state index contributed by atoms with van der Waals surface area (Å²) in [5.41, 5.74) is 0.898. The fourth-order valence-electron chi connectivity index (χ4n) is 7.39. The first kappa shape index (κ1) is 34.4. The van der Waals surface area contributed by atoms with Gasteiger partial charge in [0.25, 0.3) is 0 Å². The first-order valence-electron chi connectivity index (χ1n) is 16.1. The number of carbonyl (C=O) groups is 2. The number of ether oxygens (including phenoxy) is 1. The van der Waals surface area contributed by atoms with Crippen LogP contribution in [-0.4, -0.2) is 65.0 Å². The molecule has 5 unspecified atom stereocenters. The molecule has 250 valence electrons. The molecule has 2 bridgehead atoms. The molecular formula is C36H44N4O6S. The van der Waals surface area contributed by atoms with E-state index in [0.717, 1.165) is 49.3 Å². The average molecular weight is 661 g/mol. The van der Waals surface area contributed by atoms with Gasteiger partial charge in [0.15, 0.2) is 0 Å². The molecule has 2 amide bonds. The molecule has 0 saturated heterocycles. The molecule has 47 heavy (non-hydrogen) atoms. The molecule has 11 heteroatoms. The van der Waals surface area contributed by atoms with E-state index >= 15 is 0 Å². The van der Waals surface area contributed by atoms with Crippen LogP contribution in [0.4, 0.5) is 4.79 Å². The lowest BCUT2D eigenvalue weighted by Gasteiger charge is -2.40. The molecule has 2 saturated carbocycles. The standard InChI is InChI=1S/C35H42N4O6S.CH2/c1-35(33(41)37-27(22-40)18-23-9-4-3-5-10-23,38-34(42)45-32-16-15-24-11-8-12-25(32)17-24)20-26-19-29-28-13-6-7-14-30(28)39(46(2,43)44)31(29)21-36-26;/h3-7,9-10,13-14,19,21,24-25,27,32,40H,8,11-12,15-18,20,22H2,1-2H3,(H,37,41)(H,38,42);1H2. The molecule has 6 rings (SSSR count). The minimum absolute atomic E-state index is 0. The molecule has 2 aliphatic carbocycles. The lowest BCUT2D eigenvalue weighted by Crippen LogP contribution is -2.61. The van der Waals surface area contributed by atoms with Crippen LogP contribution >= 0.6 is 0 Å². The number of hydrogen-bond acceptors (Lipinski definition) is 7. The zero-order chi connectivity index (χ0) is 32.5. The number of carbonyl (C=O) groups excluding carboxylic acids is 2. The van der Waals surface area contributed by atoms with Crippen molar-refractivity contribution >= 4 is 43.8 Å². The van der Waals surface area contributed by atoms with Crippen molar-refractivity contribution in [3.05, 3.63) is 85.5 Å². The summed E-state index contributed by atoms with van der Waals surface area (Å²) in [5, 5.41) is 17.4. The van der Waals surface area contributed by atoms with Crippen molar-refractivity contribution < 1.29 is 27.9 Å². The monoisotopic (exact) mass is 660 g/mol. The molecule has 0 spiro atoms. The van der Waals surface area contributed by atoms with Gasteiger partial charge in [-0.25, -0.2) is 17.2 Å². The number of rotatable bonds is 10. The highest BCUT2D eigenvalue weighted by molar-refractivity contribution is 7.89. The maximum atomic E-state index is 14.0. The van der Waals surface area contributed by atoms with Crippen LogP contribution in [0.3, 0.4) is 0 Å². The Hall–Kier alpha value is -3.96. The smallest absolute Gasteiger partial charge is 0.408 e. The molecule has 0 aliphatic heterocycles. The Kier molecular flexibility index (Phi) is 10.3. The van der Waals surface area contributed by atoms with Crippen molar-refractivity contribution in [2.45, 2.75) is 76.0 Å². The molecule has 2 heterocycles. The van der Waals surface area contributed by atoms with Gasteiger partial charge in [0, 0.05) is 22.9 Å². The number of amides is 2. The lowest BCUT2D eigenvalue weighted by molar-refractivity contribution is -0.128. The summed E-state index contributed by atoms with van der Waals surface area (Å²) >= 11 is 0. The van der Waals surface area contributed by atoms with Gasteiger partial charge in [-0.3, -0.25) is 9.78 Å². The number of nitrogens with one attached hydrogen (secondary N) is 2. The summed E-state index contributed by atoms with van der Waals surface area (Å²) in [6.07, 6.45) is 8.54. The fourth-order valence-corrected chi connectivity index (χ4v) is 8.41. The van der Waals surface area contributed by atoms with Gasteiger partial charge in [-0.2, -0.15) is 0 Å². The number of nitrogens with zero attached hydrogens (tertiary/aromatic N) is 2. The Morgan fingerprint density at radius 2 is 1.79 bits per heavy atom. The summed E-state index contributed by atoms with van der Waals surface area (Å²) in [6.45, 7) is 1.34. The summed E-state index contributed by atoms with van der Waals surface area (Å²) in [4.78, 5) is 32.1. The van der Waals surface area contributed by atoms with E-state index in [2.05, 4.69) is 15.6 Å². The SMILES string of the molecule is CC(Cc1cc2c3ccccc3n(S(C)(=O)=O)c2cn1)(NC(=O)OC1CCC2CCCC1C2)C(=O)NC(CO)Cc1ccccc1.[CH2]. The third-order valence-corrected chi connectivity index (χ3v) is 10.7. The van der Waals surface area contributed by atoms with Crippen molar-refractivity contribution in [3.8, 4) is 0 Å². The molecule has 2 radical (unpaired) electrons. The molecular weight excluding hydrogens is 616 g/mol. The van der Waals surface area contributed by atoms with Gasteiger partial charge in [-0.15, -0.1) is 0 Å².